The molecule has 0 aliphatic carbocycles. The van der Waals surface area contributed by atoms with Crippen LogP contribution in [0, 0.1) is 5.41 Å². The SMILES string of the molecule is CC1(CN)CCN(C(=O)c2ccc3c(c2)CCC(=O)N3)C1. The van der Waals surface area contributed by atoms with E-state index in [1.807, 2.05) is 17.0 Å². The predicted molar refractivity (Wildman–Crippen MR) is 81.1 cm³/mol. The summed E-state index contributed by atoms with van der Waals surface area (Å²) >= 11 is 0. The number of amides is 2. The molecule has 2 amide bonds. The van der Waals surface area contributed by atoms with E-state index in [0.717, 1.165) is 30.8 Å². The van der Waals surface area contributed by atoms with Gasteiger partial charge in [-0.3, -0.25) is 9.59 Å². The van der Waals surface area contributed by atoms with Crippen LogP contribution in [0.5, 0.6) is 0 Å². The van der Waals surface area contributed by atoms with Gasteiger partial charge >= 0.3 is 0 Å². The second-order valence-corrected chi connectivity index (χ2v) is 6.41. The molecule has 2 aliphatic heterocycles. The largest absolute Gasteiger partial charge is 0.338 e. The Kier molecular flexibility index (Phi) is 3.45. The van der Waals surface area contributed by atoms with Crippen LogP contribution in [-0.4, -0.2) is 36.3 Å². The quantitative estimate of drug-likeness (QED) is 0.863. The lowest BCUT2D eigenvalue weighted by atomic mass is 9.90. The molecule has 2 heterocycles. The highest BCUT2D eigenvalue weighted by atomic mass is 16.2. The highest BCUT2D eigenvalue weighted by Gasteiger charge is 2.35. The Labute approximate surface area is 124 Å². The average molecular weight is 287 g/mol. The molecule has 0 spiro atoms. The number of hydrogen-bond acceptors (Lipinski definition) is 3. The number of fused-ring (bicyclic) bond motifs is 1. The van der Waals surface area contributed by atoms with Gasteiger partial charge in [-0.05, 0) is 48.6 Å². The molecule has 1 aromatic carbocycles. The maximum atomic E-state index is 12.6. The first kappa shape index (κ1) is 14.1. The predicted octanol–water partition coefficient (Wildman–Crippen LogP) is 1.38. The monoisotopic (exact) mass is 287 g/mol. The fraction of sp³-hybridized carbons (Fsp3) is 0.500. The number of likely N-dealkylation sites (tertiary alicyclic amines) is 1. The smallest absolute Gasteiger partial charge is 0.253 e. The molecule has 3 N–H and O–H groups in total. The van der Waals surface area contributed by atoms with Crippen molar-refractivity contribution in [2.24, 2.45) is 11.1 Å². The van der Waals surface area contributed by atoms with Crippen molar-refractivity contribution < 1.29 is 9.59 Å². The Bertz CT molecular complexity index is 599. The Morgan fingerprint density at radius 3 is 2.95 bits per heavy atom. The Morgan fingerprint density at radius 1 is 1.43 bits per heavy atom. The molecule has 21 heavy (non-hydrogen) atoms. The van der Waals surface area contributed by atoms with Gasteiger partial charge in [0.2, 0.25) is 5.91 Å². The van der Waals surface area contributed by atoms with Crippen LogP contribution in [-0.2, 0) is 11.2 Å². The second-order valence-electron chi connectivity index (χ2n) is 6.41. The van der Waals surface area contributed by atoms with Gasteiger partial charge in [-0.15, -0.1) is 0 Å². The van der Waals surface area contributed by atoms with Gasteiger partial charge in [-0.2, -0.15) is 0 Å². The summed E-state index contributed by atoms with van der Waals surface area (Å²) in [6.07, 6.45) is 2.14. The fourth-order valence-corrected chi connectivity index (χ4v) is 3.06. The van der Waals surface area contributed by atoms with Crippen molar-refractivity contribution in [3.63, 3.8) is 0 Å². The van der Waals surface area contributed by atoms with Gasteiger partial charge in [0.05, 0.1) is 0 Å². The van der Waals surface area contributed by atoms with E-state index < -0.39 is 0 Å². The second kappa shape index (κ2) is 5.15. The lowest BCUT2D eigenvalue weighted by molar-refractivity contribution is -0.116. The minimum Gasteiger partial charge on any atom is -0.338 e. The number of benzene rings is 1. The Morgan fingerprint density at radius 2 is 2.24 bits per heavy atom. The van der Waals surface area contributed by atoms with Crippen LogP contribution in [0.3, 0.4) is 0 Å². The maximum Gasteiger partial charge on any atom is 0.253 e. The van der Waals surface area contributed by atoms with Crippen molar-refractivity contribution >= 4 is 17.5 Å². The number of nitrogens with two attached hydrogens (primary N) is 1. The van der Waals surface area contributed by atoms with Crippen molar-refractivity contribution in [2.75, 3.05) is 25.0 Å². The van der Waals surface area contributed by atoms with Crippen molar-refractivity contribution in [1.29, 1.82) is 0 Å². The van der Waals surface area contributed by atoms with Gasteiger partial charge in [0, 0.05) is 30.8 Å². The summed E-state index contributed by atoms with van der Waals surface area (Å²) in [5, 5.41) is 2.84. The molecule has 5 heteroatoms. The first-order valence-electron chi connectivity index (χ1n) is 7.43. The van der Waals surface area contributed by atoms with Crippen LogP contribution < -0.4 is 11.1 Å². The molecule has 0 aromatic heterocycles. The highest BCUT2D eigenvalue weighted by Crippen LogP contribution is 2.30. The molecular formula is C16H21N3O2. The van der Waals surface area contributed by atoms with Gasteiger partial charge in [0.25, 0.3) is 5.91 Å². The molecule has 2 aliphatic rings. The summed E-state index contributed by atoms with van der Waals surface area (Å²) < 4.78 is 0. The molecule has 0 bridgehead atoms. The lowest BCUT2D eigenvalue weighted by Crippen LogP contribution is -2.34. The minimum absolute atomic E-state index is 0.0395. The molecule has 5 nitrogen and oxygen atoms in total. The number of anilines is 1. The zero-order valence-corrected chi connectivity index (χ0v) is 12.3. The molecule has 3 rings (SSSR count). The number of rotatable bonds is 2. The van der Waals surface area contributed by atoms with Crippen LogP contribution in [0.15, 0.2) is 18.2 Å². The summed E-state index contributed by atoms with van der Waals surface area (Å²) in [6, 6.07) is 5.54. The Hall–Kier alpha value is -1.88. The fourth-order valence-electron chi connectivity index (χ4n) is 3.06. The van der Waals surface area contributed by atoms with Gasteiger partial charge in [0.15, 0.2) is 0 Å². The van der Waals surface area contributed by atoms with Crippen LogP contribution in [0.2, 0.25) is 0 Å². The van der Waals surface area contributed by atoms with Gasteiger partial charge in [0.1, 0.15) is 0 Å². The third-order valence-electron chi connectivity index (χ3n) is 4.59. The summed E-state index contributed by atoms with van der Waals surface area (Å²) in [6.45, 7) is 4.21. The molecule has 112 valence electrons. The number of hydrogen-bond donors (Lipinski definition) is 2. The van der Waals surface area contributed by atoms with E-state index in [1.165, 1.54) is 0 Å². The molecule has 1 saturated heterocycles. The van der Waals surface area contributed by atoms with Gasteiger partial charge in [-0.25, -0.2) is 0 Å². The van der Waals surface area contributed by atoms with E-state index in [2.05, 4.69) is 12.2 Å². The van der Waals surface area contributed by atoms with Crippen LogP contribution in [0.1, 0.15) is 35.7 Å². The molecule has 1 unspecified atom stereocenters. The Balaban J connectivity index is 1.79. The van der Waals surface area contributed by atoms with Crippen LogP contribution in [0.25, 0.3) is 0 Å². The number of carbonyl (C=O) groups excluding carboxylic acids is 2. The number of carbonyl (C=O) groups is 2. The van der Waals surface area contributed by atoms with E-state index in [1.54, 1.807) is 6.07 Å². The highest BCUT2D eigenvalue weighted by molar-refractivity contribution is 5.98. The maximum absolute atomic E-state index is 12.6. The third kappa shape index (κ3) is 2.65. The number of nitrogens with zero attached hydrogens (tertiary/aromatic N) is 1. The van der Waals surface area contributed by atoms with Crippen LogP contribution >= 0.6 is 0 Å². The summed E-state index contributed by atoms with van der Waals surface area (Å²) in [4.78, 5) is 25.8. The zero-order valence-electron chi connectivity index (χ0n) is 12.3. The van der Waals surface area contributed by atoms with E-state index >= 15 is 0 Å². The average Bonchev–Trinajstić information content (AvgIpc) is 2.89. The standard InChI is InChI=1S/C16H21N3O2/c1-16(9-17)6-7-19(10-16)15(21)12-2-4-13-11(8-12)3-5-14(20)18-13/h2,4,8H,3,5-7,9-10,17H2,1H3,(H,18,20). The summed E-state index contributed by atoms with van der Waals surface area (Å²) in [5.41, 5.74) is 8.41. The van der Waals surface area contributed by atoms with Crippen molar-refractivity contribution in [3.05, 3.63) is 29.3 Å². The zero-order chi connectivity index (χ0) is 15.0. The lowest BCUT2D eigenvalue weighted by Gasteiger charge is -2.23. The number of aryl methyl sites for hydroxylation is 1. The van der Waals surface area contributed by atoms with Crippen molar-refractivity contribution in [2.45, 2.75) is 26.2 Å². The van der Waals surface area contributed by atoms with E-state index in [9.17, 15) is 9.59 Å². The third-order valence-corrected chi connectivity index (χ3v) is 4.59. The normalized spacial score (nSPS) is 24.7. The van der Waals surface area contributed by atoms with E-state index in [4.69, 9.17) is 5.73 Å². The number of nitrogens with one attached hydrogen (secondary N) is 1. The molecule has 1 fully saturated rings. The van der Waals surface area contributed by atoms with Gasteiger partial charge < -0.3 is 16.0 Å². The molecular weight excluding hydrogens is 266 g/mol. The summed E-state index contributed by atoms with van der Waals surface area (Å²) in [7, 11) is 0. The molecule has 0 radical (unpaired) electrons. The molecule has 0 saturated carbocycles. The minimum atomic E-state index is 0.0395. The molecule has 1 atom stereocenters. The van der Waals surface area contributed by atoms with Gasteiger partial charge in [-0.1, -0.05) is 6.92 Å². The van der Waals surface area contributed by atoms with E-state index in [0.29, 0.717) is 24.9 Å². The first-order chi connectivity index (χ1) is 10.0. The summed E-state index contributed by atoms with van der Waals surface area (Å²) in [5.74, 6) is 0.103. The topological polar surface area (TPSA) is 75.4 Å². The van der Waals surface area contributed by atoms with E-state index in [-0.39, 0.29) is 17.2 Å². The molecule has 1 aromatic rings. The van der Waals surface area contributed by atoms with Crippen LogP contribution in [0.4, 0.5) is 5.69 Å². The first-order valence-corrected chi connectivity index (χ1v) is 7.43. The van der Waals surface area contributed by atoms with Crippen molar-refractivity contribution in [1.82, 2.24) is 4.90 Å². The van der Waals surface area contributed by atoms with Crippen molar-refractivity contribution in [3.8, 4) is 0 Å².